The second-order valence-electron chi connectivity index (χ2n) is 7.43. The van der Waals surface area contributed by atoms with Gasteiger partial charge in [-0.1, -0.05) is 64.5 Å². The normalized spacial score (nSPS) is 14.5. The molecule has 1 heterocycles. The lowest BCUT2D eigenvalue weighted by Gasteiger charge is -2.20. The summed E-state index contributed by atoms with van der Waals surface area (Å²) in [4.78, 5) is 14.6. The Labute approximate surface area is 177 Å². The summed E-state index contributed by atoms with van der Waals surface area (Å²) in [5.74, 6) is 0.0453. The number of hydrogen-bond acceptors (Lipinski definition) is 3. The second-order valence-corrected chi connectivity index (χ2v) is 8.34. The Hall–Kier alpha value is -2.63. The lowest BCUT2D eigenvalue weighted by Crippen LogP contribution is -2.30. The van der Waals surface area contributed by atoms with Gasteiger partial charge in [0, 0.05) is 16.9 Å². The van der Waals surface area contributed by atoms with Crippen LogP contribution >= 0.6 is 15.9 Å². The van der Waals surface area contributed by atoms with Crippen molar-refractivity contribution in [3.63, 3.8) is 0 Å². The summed E-state index contributed by atoms with van der Waals surface area (Å²) in [6.45, 7) is 0.829. The molecule has 3 aromatic rings. The molecule has 1 aliphatic heterocycles. The fraction of sp³-hybridized carbons (Fsp3) is 0.208. The van der Waals surface area contributed by atoms with Crippen LogP contribution in [0.2, 0.25) is 0 Å². The molecule has 0 saturated heterocycles. The van der Waals surface area contributed by atoms with E-state index in [1.54, 1.807) is 4.90 Å². The largest absolute Gasteiger partial charge is 0.448 e. The van der Waals surface area contributed by atoms with Gasteiger partial charge in [0.1, 0.15) is 6.61 Å². The molecule has 0 atom stereocenters. The van der Waals surface area contributed by atoms with Crippen LogP contribution in [-0.4, -0.2) is 24.4 Å². The SMILES string of the molecule is O=C(OCC1c2ccccc2-c2ccccc21)N1CCc2c(CO)cc(Br)cc21. The van der Waals surface area contributed by atoms with Gasteiger partial charge in [-0.15, -0.1) is 0 Å². The van der Waals surface area contributed by atoms with Crippen LogP contribution in [-0.2, 0) is 17.8 Å². The number of carbonyl (C=O) groups excluding carboxylic acids is 1. The number of nitrogens with zero attached hydrogens (tertiary/aromatic N) is 1. The van der Waals surface area contributed by atoms with Crippen molar-refractivity contribution in [3.8, 4) is 11.1 Å². The van der Waals surface area contributed by atoms with E-state index in [-0.39, 0.29) is 18.6 Å². The van der Waals surface area contributed by atoms with Crippen LogP contribution < -0.4 is 4.90 Å². The van der Waals surface area contributed by atoms with Crippen molar-refractivity contribution < 1.29 is 14.6 Å². The van der Waals surface area contributed by atoms with Gasteiger partial charge < -0.3 is 9.84 Å². The topological polar surface area (TPSA) is 49.8 Å². The van der Waals surface area contributed by atoms with Gasteiger partial charge in [0.15, 0.2) is 0 Å². The molecule has 3 aromatic carbocycles. The maximum atomic E-state index is 12.9. The summed E-state index contributed by atoms with van der Waals surface area (Å²) in [7, 11) is 0. The number of halogens is 1. The predicted molar refractivity (Wildman–Crippen MR) is 116 cm³/mol. The van der Waals surface area contributed by atoms with Crippen LogP contribution in [0.15, 0.2) is 65.1 Å². The van der Waals surface area contributed by atoms with E-state index in [2.05, 4.69) is 40.2 Å². The van der Waals surface area contributed by atoms with Gasteiger partial charge in [-0.3, -0.25) is 4.90 Å². The highest BCUT2D eigenvalue weighted by Crippen LogP contribution is 2.44. The minimum absolute atomic E-state index is 0.0414. The Morgan fingerprint density at radius 2 is 1.72 bits per heavy atom. The molecule has 5 heteroatoms. The summed E-state index contributed by atoms with van der Waals surface area (Å²) in [6.07, 6.45) is 0.385. The second kappa shape index (κ2) is 7.32. The molecule has 1 aliphatic carbocycles. The van der Waals surface area contributed by atoms with Crippen molar-refractivity contribution in [1.29, 1.82) is 0 Å². The maximum Gasteiger partial charge on any atom is 0.414 e. The molecule has 1 amide bonds. The average Bonchev–Trinajstić information content (AvgIpc) is 3.31. The number of aliphatic hydroxyl groups excluding tert-OH is 1. The molecule has 4 nitrogen and oxygen atoms in total. The highest BCUT2D eigenvalue weighted by Gasteiger charge is 2.32. The first-order valence-corrected chi connectivity index (χ1v) is 10.5. The third kappa shape index (κ3) is 3.05. The molecular formula is C24H20BrNO3. The lowest BCUT2D eigenvalue weighted by atomic mass is 9.98. The van der Waals surface area contributed by atoms with Crippen molar-refractivity contribution in [2.75, 3.05) is 18.1 Å². The minimum atomic E-state index is -0.340. The number of fused-ring (bicyclic) bond motifs is 4. The van der Waals surface area contributed by atoms with Crippen molar-refractivity contribution in [3.05, 3.63) is 87.4 Å². The van der Waals surface area contributed by atoms with E-state index in [4.69, 9.17) is 4.74 Å². The Bertz CT molecular complexity index is 1070. The van der Waals surface area contributed by atoms with E-state index in [0.717, 1.165) is 27.7 Å². The van der Waals surface area contributed by atoms with Crippen molar-refractivity contribution in [2.45, 2.75) is 18.9 Å². The predicted octanol–water partition coefficient (Wildman–Crippen LogP) is 5.25. The zero-order valence-corrected chi connectivity index (χ0v) is 17.4. The highest BCUT2D eigenvalue weighted by atomic mass is 79.9. The van der Waals surface area contributed by atoms with Gasteiger partial charge in [-0.2, -0.15) is 0 Å². The van der Waals surface area contributed by atoms with Gasteiger partial charge in [-0.25, -0.2) is 4.79 Å². The number of benzene rings is 3. The molecule has 1 N–H and O–H groups in total. The molecular weight excluding hydrogens is 430 g/mol. The number of rotatable bonds is 3. The van der Waals surface area contributed by atoms with Crippen LogP contribution in [0.3, 0.4) is 0 Å². The van der Waals surface area contributed by atoms with E-state index in [9.17, 15) is 9.90 Å². The van der Waals surface area contributed by atoms with Crippen LogP contribution in [0, 0.1) is 0 Å². The number of amides is 1. The smallest absolute Gasteiger partial charge is 0.414 e. The highest BCUT2D eigenvalue weighted by molar-refractivity contribution is 9.10. The Morgan fingerprint density at radius 3 is 2.38 bits per heavy atom. The number of aliphatic hydroxyl groups is 1. The summed E-state index contributed by atoms with van der Waals surface area (Å²) in [5, 5.41) is 9.63. The Kier molecular flexibility index (Phi) is 4.64. The number of carbonyl (C=O) groups is 1. The molecule has 29 heavy (non-hydrogen) atoms. The van der Waals surface area contributed by atoms with E-state index in [1.807, 2.05) is 36.4 Å². The fourth-order valence-corrected chi connectivity index (χ4v) is 5.05. The number of hydrogen-bond donors (Lipinski definition) is 1. The molecule has 2 aliphatic rings. The molecule has 0 spiro atoms. The van der Waals surface area contributed by atoms with Crippen LogP contribution in [0.1, 0.15) is 28.2 Å². The van der Waals surface area contributed by atoms with Gasteiger partial charge in [-0.05, 0) is 51.9 Å². The quantitative estimate of drug-likeness (QED) is 0.593. The monoisotopic (exact) mass is 449 g/mol. The molecule has 0 aromatic heterocycles. The van der Waals surface area contributed by atoms with Gasteiger partial charge in [0.05, 0.1) is 12.3 Å². The average molecular weight is 450 g/mol. The van der Waals surface area contributed by atoms with Gasteiger partial charge in [0.25, 0.3) is 0 Å². The first kappa shape index (κ1) is 18.4. The standard InChI is InChI=1S/C24H20BrNO3/c25-16-11-15(13-27)17-9-10-26(23(17)12-16)24(28)29-14-22-20-7-3-1-5-18(20)19-6-2-4-8-21(19)22/h1-8,11-12,22,27H,9-10,13-14H2. The lowest BCUT2D eigenvalue weighted by molar-refractivity contribution is 0.151. The third-order valence-corrected chi connectivity index (χ3v) is 6.34. The van der Waals surface area contributed by atoms with Crippen molar-refractivity contribution in [1.82, 2.24) is 0 Å². The minimum Gasteiger partial charge on any atom is -0.448 e. The molecule has 5 rings (SSSR count). The number of ether oxygens (including phenoxy) is 1. The summed E-state index contributed by atoms with van der Waals surface area (Å²) < 4.78 is 6.65. The van der Waals surface area contributed by atoms with E-state index >= 15 is 0 Å². The zero-order chi connectivity index (χ0) is 20.0. The molecule has 146 valence electrons. The van der Waals surface area contributed by atoms with Crippen molar-refractivity contribution >= 4 is 27.7 Å². The Balaban J connectivity index is 1.39. The summed E-state index contributed by atoms with van der Waals surface area (Å²) >= 11 is 3.47. The van der Waals surface area contributed by atoms with Gasteiger partial charge >= 0.3 is 6.09 Å². The van der Waals surface area contributed by atoms with Crippen LogP contribution in [0.25, 0.3) is 11.1 Å². The number of anilines is 1. The van der Waals surface area contributed by atoms with E-state index < -0.39 is 0 Å². The zero-order valence-electron chi connectivity index (χ0n) is 15.8. The molecule has 0 saturated carbocycles. The molecule has 0 fully saturated rings. The molecule has 0 bridgehead atoms. The van der Waals surface area contributed by atoms with Gasteiger partial charge in [0.2, 0.25) is 0 Å². The van der Waals surface area contributed by atoms with Crippen LogP contribution in [0.5, 0.6) is 0 Å². The van der Waals surface area contributed by atoms with Crippen LogP contribution in [0.4, 0.5) is 10.5 Å². The Morgan fingerprint density at radius 1 is 1.07 bits per heavy atom. The molecule has 0 radical (unpaired) electrons. The summed E-state index contributed by atoms with van der Waals surface area (Å²) in [5.41, 5.74) is 7.52. The summed E-state index contributed by atoms with van der Waals surface area (Å²) in [6, 6.07) is 20.5. The van der Waals surface area contributed by atoms with Crippen molar-refractivity contribution in [2.24, 2.45) is 0 Å². The van der Waals surface area contributed by atoms with E-state index in [0.29, 0.717) is 13.2 Å². The first-order chi connectivity index (χ1) is 14.2. The molecule has 0 unspecified atom stereocenters. The van der Waals surface area contributed by atoms with E-state index in [1.165, 1.54) is 22.3 Å². The maximum absolute atomic E-state index is 12.9. The fourth-order valence-electron chi connectivity index (χ4n) is 4.55. The first-order valence-electron chi connectivity index (χ1n) is 9.72. The third-order valence-electron chi connectivity index (χ3n) is 5.89.